The molecule has 2 rings (SSSR count). The molecule has 0 heterocycles. The van der Waals surface area contributed by atoms with E-state index in [9.17, 15) is 4.79 Å². The van der Waals surface area contributed by atoms with Crippen LogP contribution in [0.3, 0.4) is 0 Å². The smallest absolute Gasteiger partial charge is 0.192 e. The first-order valence-corrected chi connectivity index (χ1v) is 10.9. The molecule has 0 bridgehead atoms. The van der Waals surface area contributed by atoms with Gasteiger partial charge in [-0.2, -0.15) is 0 Å². The first-order chi connectivity index (χ1) is 9.06. The Morgan fingerprint density at radius 1 is 1.30 bits per heavy atom. The van der Waals surface area contributed by atoms with E-state index in [1.54, 1.807) is 0 Å². The summed E-state index contributed by atoms with van der Waals surface area (Å²) in [6.07, 6.45) is 7.39. The van der Waals surface area contributed by atoms with Gasteiger partial charge in [0.05, 0.1) is 6.10 Å². The van der Waals surface area contributed by atoms with Crippen molar-refractivity contribution < 1.29 is 9.22 Å². The lowest BCUT2D eigenvalue weighted by Crippen LogP contribution is -2.54. The van der Waals surface area contributed by atoms with E-state index >= 15 is 0 Å². The summed E-state index contributed by atoms with van der Waals surface area (Å²) < 4.78 is 6.63. The summed E-state index contributed by atoms with van der Waals surface area (Å²) in [5, 5.41) is 0.250. The number of rotatable bonds is 3. The quantitative estimate of drug-likeness (QED) is 0.695. The number of hydrogen-bond donors (Lipinski definition) is 0. The van der Waals surface area contributed by atoms with Gasteiger partial charge in [-0.3, -0.25) is 4.79 Å². The molecule has 0 radical (unpaired) electrons. The molecule has 0 unspecified atom stereocenters. The fraction of sp³-hybridized carbons (Fsp3) is 0.824. The molecule has 2 atom stereocenters. The summed E-state index contributed by atoms with van der Waals surface area (Å²) in [4.78, 5) is 11.7. The zero-order chi connectivity index (χ0) is 15.2. The lowest BCUT2D eigenvalue weighted by Gasteiger charge is -2.53. The van der Waals surface area contributed by atoms with Crippen molar-refractivity contribution in [3.8, 4) is 0 Å². The van der Waals surface area contributed by atoms with Gasteiger partial charge in [0.1, 0.15) is 0 Å². The molecule has 0 aliphatic heterocycles. The van der Waals surface area contributed by atoms with E-state index in [4.69, 9.17) is 4.43 Å². The number of carbonyl (C=O) groups is 1. The fourth-order valence-electron chi connectivity index (χ4n) is 3.03. The van der Waals surface area contributed by atoms with Crippen LogP contribution < -0.4 is 0 Å². The molecule has 0 aromatic heterocycles. The molecule has 0 spiro atoms. The van der Waals surface area contributed by atoms with Gasteiger partial charge in [-0.1, -0.05) is 33.3 Å². The van der Waals surface area contributed by atoms with Crippen LogP contribution in [0.2, 0.25) is 18.1 Å². The monoisotopic (exact) mass is 294 g/mol. The highest BCUT2D eigenvalue weighted by molar-refractivity contribution is 6.74. The van der Waals surface area contributed by atoms with Crippen molar-refractivity contribution >= 4 is 14.1 Å². The maximum absolute atomic E-state index is 11.7. The average molecular weight is 295 g/mol. The maximum Gasteiger partial charge on any atom is 0.192 e. The molecule has 2 nitrogen and oxygen atoms in total. The number of carbonyl (C=O) groups excluding carboxylic acids is 1. The molecule has 114 valence electrons. The highest BCUT2D eigenvalue weighted by Gasteiger charge is 2.50. The van der Waals surface area contributed by atoms with Crippen LogP contribution in [-0.2, 0) is 9.22 Å². The Kier molecular flexibility index (Phi) is 4.07. The fourth-order valence-corrected chi connectivity index (χ4v) is 4.47. The van der Waals surface area contributed by atoms with Gasteiger partial charge in [0.2, 0.25) is 0 Å². The van der Waals surface area contributed by atoms with Crippen LogP contribution in [0.15, 0.2) is 11.6 Å². The van der Waals surface area contributed by atoms with E-state index in [1.165, 1.54) is 12.0 Å². The average Bonchev–Trinajstić information content (AvgIpc) is 2.32. The van der Waals surface area contributed by atoms with Crippen LogP contribution in [0.1, 0.15) is 59.8 Å². The highest BCUT2D eigenvalue weighted by Crippen LogP contribution is 2.53. The third kappa shape index (κ3) is 2.80. The summed E-state index contributed by atoms with van der Waals surface area (Å²) in [6.45, 7) is 13.8. The highest BCUT2D eigenvalue weighted by atomic mass is 28.4. The number of ketones is 1. The topological polar surface area (TPSA) is 26.3 Å². The Morgan fingerprint density at radius 2 is 1.95 bits per heavy atom. The van der Waals surface area contributed by atoms with Gasteiger partial charge in [0.15, 0.2) is 14.1 Å². The van der Waals surface area contributed by atoms with Gasteiger partial charge >= 0.3 is 0 Å². The van der Waals surface area contributed by atoms with Crippen LogP contribution in [0.4, 0.5) is 0 Å². The van der Waals surface area contributed by atoms with Crippen molar-refractivity contribution in [2.75, 3.05) is 0 Å². The summed E-state index contributed by atoms with van der Waals surface area (Å²) in [7, 11) is -1.72. The van der Waals surface area contributed by atoms with Crippen LogP contribution in [0, 0.1) is 5.41 Å². The first kappa shape index (κ1) is 16.0. The minimum atomic E-state index is -1.72. The van der Waals surface area contributed by atoms with Gasteiger partial charge in [-0.05, 0) is 49.9 Å². The summed E-state index contributed by atoms with van der Waals surface area (Å²) in [5.74, 6) is 0.311. The Bertz CT molecular complexity index is 431. The largest absolute Gasteiger partial charge is 0.413 e. The minimum Gasteiger partial charge on any atom is -0.413 e. The van der Waals surface area contributed by atoms with Crippen molar-refractivity contribution in [2.24, 2.45) is 5.41 Å². The van der Waals surface area contributed by atoms with Crippen LogP contribution >= 0.6 is 0 Å². The van der Waals surface area contributed by atoms with Gasteiger partial charge in [0.25, 0.3) is 0 Å². The van der Waals surface area contributed by atoms with Crippen molar-refractivity contribution in [2.45, 2.75) is 84.0 Å². The Balaban J connectivity index is 2.13. The summed E-state index contributed by atoms with van der Waals surface area (Å²) >= 11 is 0. The minimum absolute atomic E-state index is 0.117. The Labute approximate surface area is 125 Å². The van der Waals surface area contributed by atoms with Gasteiger partial charge in [0, 0.05) is 11.8 Å². The molecule has 0 saturated heterocycles. The van der Waals surface area contributed by atoms with Crippen molar-refractivity contribution in [3.05, 3.63) is 11.6 Å². The third-order valence-electron chi connectivity index (χ3n) is 5.82. The van der Waals surface area contributed by atoms with E-state index < -0.39 is 8.32 Å². The van der Waals surface area contributed by atoms with E-state index in [-0.39, 0.29) is 10.5 Å². The van der Waals surface area contributed by atoms with E-state index in [1.807, 2.05) is 6.08 Å². The van der Waals surface area contributed by atoms with E-state index in [0.717, 1.165) is 25.7 Å². The predicted octanol–water partition coefficient (Wildman–Crippen LogP) is 4.86. The predicted molar refractivity (Wildman–Crippen MR) is 86.4 cm³/mol. The molecule has 0 aromatic rings. The number of allylic oxidation sites excluding steroid dienone is 1. The molecule has 1 fully saturated rings. The second-order valence-electron chi connectivity index (χ2n) is 8.31. The second kappa shape index (κ2) is 5.10. The molecular weight excluding hydrogens is 264 g/mol. The van der Waals surface area contributed by atoms with E-state index in [2.05, 4.69) is 40.8 Å². The van der Waals surface area contributed by atoms with E-state index in [0.29, 0.717) is 11.9 Å². The first-order valence-electron chi connectivity index (χ1n) is 7.98. The molecule has 0 amide bonds. The molecule has 2 aliphatic rings. The maximum atomic E-state index is 11.7. The molecule has 1 saturated carbocycles. The van der Waals surface area contributed by atoms with Gasteiger partial charge in [-0.25, -0.2) is 0 Å². The molecular formula is C17H30O2Si. The van der Waals surface area contributed by atoms with Crippen molar-refractivity contribution in [1.29, 1.82) is 0 Å². The Hall–Kier alpha value is -0.413. The lowest BCUT2D eigenvalue weighted by atomic mass is 9.61. The molecule has 0 N–H and O–H groups in total. The van der Waals surface area contributed by atoms with Gasteiger partial charge < -0.3 is 4.43 Å². The van der Waals surface area contributed by atoms with Crippen molar-refractivity contribution in [3.63, 3.8) is 0 Å². The standard InChI is InChI=1S/C17H30O2Si/c1-16(2,3)20(5,6)19-15-10-11-17(15,4)13-8-7-9-14(18)12-13/h12,15H,7-11H2,1-6H3/t15-,17-/m1/s1. The lowest BCUT2D eigenvalue weighted by molar-refractivity contribution is -0.115. The molecule has 20 heavy (non-hydrogen) atoms. The van der Waals surface area contributed by atoms with Crippen LogP contribution in [0.25, 0.3) is 0 Å². The normalized spacial score (nSPS) is 31.8. The molecule has 0 aromatic carbocycles. The zero-order valence-corrected chi connectivity index (χ0v) is 15.0. The Morgan fingerprint density at radius 3 is 2.40 bits per heavy atom. The SMILES string of the molecule is CC(C)(C)[Si](C)(C)O[C@@H]1CC[C@]1(C)C1=CC(=O)CCC1. The zero-order valence-electron chi connectivity index (χ0n) is 14.0. The second-order valence-corrected chi connectivity index (χ2v) is 13.1. The number of hydrogen-bond acceptors (Lipinski definition) is 2. The van der Waals surface area contributed by atoms with Crippen LogP contribution in [-0.4, -0.2) is 20.2 Å². The van der Waals surface area contributed by atoms with Gasteiger partial charge in [-0.15, -0.1) is 0 Å². The third-order valence-corrected chi connectivity index (χ3v) is 10.3. The van der Waals surface area contributed by atoms with Crippen molar-refractivity contribution in [1.82, 2.24) is 0 Å². The van der Waals surface area contributed by atoms with Crippen LogP contribution in [0.5, 0.6) is 0 Å². The summed E-state index contributed by atoms with van der Waals surface area (Å²) in [6, 6.07) is 0. The molecule has 3 heteroatoms. The molecule has 2 aliphatic carbocycles. The summed E-state index contributed by atoms with van der Waals surface area (Å²) in [5.41, 5.74) is 1.47.